The smallest absolute Gasteiger partial charge is 0.0344 e. The van der Waals surface area contributed by atoms with Crippen molar-refractivity contribution in [3.05, 3.63) is 71.8 Å². The zero-order chi connectivity index (χ0) is 10.3. The van der Waals surface area contributed by atoms with Crippen LogP contribution in [0.15, 0.2) is 54.6 Å². The van der Waals surface area contributed by atoms with Gasteiger partial charge in [-0.05, 0) is 17.7 Å². The summed E-state index contributed by atoms with van der Waals surface area (Å²) in [5, 5.41) is 0. The summed E-state index contributed by atoms with van der Waals surface area (Å²) >= 11 is 0. The fraction of sp³-hybridized carbons (Fsp3) is 0.0667. The molecule has 1 radical (unpaired) electrons. The molecule has 0 aromatic heterocycles. The van der Waals surface area contributed by atoms with Gasteiger partial charge in [0.05, 0.1) is 0 Å². The van der Waals surface area contributed by atoms with Gasteiger partial charge in [0, 0.05) is 12.0 Å². The van der Waals surface area contributed by atoms with Gasteiger partial charge in [0.1, 0.15) is 0 Å². The summed E-state index contributed by atoms with van der Waals surface area (Å²) < 4.78 is 0. The van der Waals surface area contributed by atoms with Crippen molar-refractivity contribution in [2.45, 2.75) is 6.42 Å². The molecule has 0 amide bonds. The van der Waals surface area contributed by atoms with Crippen LogP contribution in [-0.4, -0.2) is 0 Å². The molecule has 2 rings (SSSR count). The monoisotopic (exact) mass is 191 g/mol. The Morgan fingerprint density at radius 2 is 1.73 bits per heavy atom. The zero-order valence-corrected chi connectivity index (χ0v) is 8.40. The molecule has 0 fully saturated rings. The summed E-state index contributed by atoms with van der Waals surface area (Å²) in [6, 6.07) is 21.1. The van der Waals surface area contributed by atoms with E-state index in [0.717, 1.165) is 12.0 Å². The highest BCUT2D eigenvalue weighted by molar-refractivity contribution is 5.34. The van der Waals surface area contributed by atoms with E-state index in [-0.39, 0.29) is 0 Å². The van der Waals surface area contributed by atoms with Crippen molar-refractivity contribution in [1.82, 2.24) is 0 Å². The second-order valence-electron chi connectivity index (χ2n) is 3.24. The van der Waals surface area contributed by atoms with E-state index in [4.69, 9.17) is 0 Å². The van der Waals surface area contributed by atoms with Crippen molar-refractivity contribution >= 4 is 0 Å². The third-order valence-electron chi connectivity index (χ3n) is 2.07. The maximum atomic E-state index is 3.14. The quantitative estimate of drug-likeness (QED) is 0.608. The average molecular weight is 191 g/mol. The van der Waals surface area contributed by atoms with Crippen molar-refractivity contribution in [2.75, 3.05) is 0 Å². The second-order valence-corrected chi connectivity index (χ2v) is 3.24. The lowest BCUT2D eigenvalue weighted by Crippen LogP contribution is -1.79. The van der Waals surface area contributed by atoms with Crippen LogP contribution in [0.2, 0.25) is 0 Å². The van der Waals surface area contributed by atoms with Gasteiger partial charge < -0.3 is 0 Å². The highest BCUT2D eigenvalue weighted by Crippen LogP contribution is 1.99. The van der Waals surface area contributed by atoms with Crippen LogP contribution >= 0.6 is 0 Å². The minimum Gasteiger partial charge on any atom is -0.0931 e. The molecule has 0 atom stereocenters. The highest BCUT2D eigenvalue weighted by atomic mass is 13.9. The van der Waals surface area contributed by atoms with E-state index < -0.39 is 0 Å². The molecule has 0 nitrogen and oxygen atoms in total. The average Bonchev–Trinajstić information content (AvgIpc) is 2.32. The Labute approximate surface area is 90.6 Å². The summed E-state index contributed by atoms with van der Waals surface area (Å²) in [5.74, 6) is 6.22. The molecule has 0 saturated carbocycles. The standard InChI is InChI=1S/C15H11/c1-3-8-14(9-4-1)12-7-13-15-10-5-2-6-11-15/h1-6,8-10H,12H2. The normalized spacial score (nSPS) is 9.07. The first-order chi connectivity index (χ1) is 7.45. The minimum absolute atomic E-state index is 0.795. The Morgan fingerprint density at radius 1 is 0.933 bits per heavy atom. The van der Waals surface area contributed by atoms with Gasteiger partial charge in [-0.25, -0.2) is 0 Å². The Hall–Kier alpha value is -2.00. The predicted octanol–water partition coefficient (Wildman–Crippen LogP) is 3.08. The van der Waals surface area contributed by atoms with E-state index in [0.29, 0.717) is 0 Å². The van der Waals surface area contributed by atoms with Crippen LogP contribution in [0.4, 0.5) is 0 Å². The molecule has 0 heteroatoms. The van der Waals surface area contributed by atoms with Crippen molar-refractivity contribution in [3.8, 4) is 11.8 Å². The SMILES string of the molecule is C(#Cc1[c]cccc1)Cc1ccccc1. The van der Waals surface area contributed by atoms with Crippen molar-refractivity contribution in [1.29, 1.82) is 0 Å². The molecule has 0 unspecified atom stereocenters. The molecule has 0 aliphatic rings. The van der Waals surface area contributed by atoms with Crippen LogP contribution < -0.4 is 0 Å². The highest BCUT2D eigenvalue weighted by Gasteiger charge is 1.86. The Bertz CT molecular complexity index is 458. The van der Waals surface area contributed by atoms with Gasteiger partial charge in [-0.2, -0.15) is 0 Å². The molecule has 15 heavy (non-hydrogen) atoms. The third kappa shape index (κ3) is 3.00. The van der Waals surface area contributed by atoms with Gasteiger partial charge in [-0.1, -0.05) is 60.4 Å². The number of rotatable bonds is 1. The van der Waals surface area contributed by atoms with Crippen LogP contribution in [0.1, 0.15) is 11.1 Å². The lowest BCUT2D eigenvalue weighted by atomic mass is 10.1. The van der Waals surface area contributed by atoms with Gasteiger partial charge in [-0.3, -0.25) is 0 Å². The van der Waals surface area contributed by atoms with Gasteiger partial charge in [0.15, 0.2) is 0 Å². The summed E-state index contributed by atoms with van der Waals surface area (Å²) in [5.41, 5.74) is 2.20. The van der Waals surface area contributed by atoms with Gasteiger partial charge in [-0.15, -0.1) is 0 Å². The predicted molar refractivity (Wildman–Crippen MR) is 62.3 cm³/mol. The van der Waals surface area contributed by atoms with Crippen LogP contribution in [0.3, 0.4) is 0 Å². The molecule has 0 aliphatic heterocycles. The molecule has 2 aromatic carbocycles. The van der Waals surface area contributed by atoms with Gasteiger partial charge in [0.25, 0.3) is 0 Å². The molecule has 71 valence electrons. The number of benzene rings is 2. The largest absolute Gasteiger partial charge is 0.0931 e. The van der Waals surface area contributed by atoms with Crippen LogP contribution in [0, 0.1) is 17.9 Å². The van der Waals surface area contributed by atoms with E-state index in [9.17, 15) is 0 Å². The maximum absolute atomic E-state index is 3.14. The van der Waals surface area contributed by atoms with Gasteiger partial charge in [0.2, 0.25) is 0 Å². The topological polar surface area (TPSA) is 0 Å². The van der Waals surface area contributed by atoms with E-state index >= 15 is 0 Å². The van der Waals surface area contributed by atoms with E-state index in [2.05, 4.69) is 30.0 Å². The molecule has 2 aromatic rings. The Morgan fingerprint density at radius 3 is 2.47 bits per heavy atom. The van der Waals surface area contributed by atoms with E-state index in [1.807, 2.05) is 42.5 Å². The van der Waals surface area contributed by atoms with Crippen molar-refractivity contribution in [3.63, 3.8) is 0 Å². The van der Waals surface area contributed by atoms with Crippen molar-refractivity contribution in [2.24, 2.45) is 0 Å². The summed E-state index contributed by atoms with van der Waals surface area (Å²) in [6.45, 7) is 0. The molecule has 0 saturated heterocycles. The first-order valence-corrected chi connectivity index (χ1v) is 4.95. The van der Waals surface area contributed by atoms with Crippen LogP contribution in [0.25, 0.3) is 0 Å². The molecular weight excluding hydrogens is 180 g/mol. The summed E-state index contributed by atoms with van der Waals surface area (Å²) in [6.07, 6.45) is 0.795. The first-order valence-electron chi connectivity index (χ1n) is 4.95. The Kier molecular flexibility index (Phi) is 3.20. The minimum atomic E-state index is 0.795. The lowest BCUT2D eigenvalue weighted by molar-refractivity contribution is 1.32. The molecular formula is C15H11. The number of hydrogen-bond donors (Lipinski definition) is 0. The molecule has 0 heterocycles. The van der Waals surface area contributed by atoms with Gasteiger partial charge >= 0.3 is 0 Å². The lowest BCUT2D eigenvalue weighted by Gasteiger charge is -1.91. The first kappa shape index (κ1) is 9.55. The maximum Gasteiger partial charge on any atom is 0.0344 e. The number of hydrogen-bond acceptors (Lipinski definition) is 0. The Balaban J connectivity index is 2.03. The summed E-state index contributed by atoms with van der Waals surface area (Å²) in [4.78, 5) is 0. The summed E-state index contributed by atoms with van der Waals surface area (Å²) in [7, 11) is 0. The fourth-order valence-electron chi connectivity index (χ4n) is 1.31. The molecule has 0 N–H and O–H groups in total. The molecule has 0 aliphatic carbocycles. The molecule has 0 bridgehead atoms. The van der Waals surface area contributed by atoms with Crippen LogP contribution in [0.5, 0.6) is 0 Å². The third-order valence-corrected chi connectivity index (χ3v) is 2.07. The van der Waals surface area contributed by atoms with Crippen molar-refractivity contribution < 1.29 is 0 Å². The molecule has 0 spiro atoms. The fourth-order valence-corrected chi connectivity index (χ4v) is 1.31. The van der Waals surface area contributed by atoms with Crippen LogP contribution in [-0.2, 0) is 6.42 Å². The second kappa shape index (κ2) is 5.02. The van der Waals surface area contributed by atoms with E-state index in [1.165, 1.54) is 5.56 Å². The van der Waals surface area contributed by atoms with E-state index in [1.54, 1.807) is 0 Å². The zero-order valence-electron chi connectivity index (χ0n) is 8.40.